The Labute approximate surface area is 182 Å². The SMILES string of the molecule is COc1ccc(C2CCCN2C(=O)/C=C/c2cnn(Cc3ccccc3)c2)c(OC)c1. The summed E-state index contributed by atoms with van der Waals surface area (Å²) in [6, 6.07) is 15.9. The minimum absolute atomic E-state index is 0.00110. The van der Waals surface area contributed by atoms with E-state index in [4.69, 9.17) is 9.47 Å². The number of ether oxygens (including phenoxy) is 2. The maximum absolute atomic E-state index is 13.0. The Kier molecular flexibility index (Phi) is 6.36. The predicted molar refractivity (Wildman–Crippen MR) is 120 cm³/mol. The van der Waals surface area contributed by atoms with Crippen molar-refractivity contribution in [2.45, 2.75) is 25.4 Å². The lowest BCUT2D eigenvalue weighted by molar-refractivity contribution is -0.126. The van der Waals surface area contributed by atoms with Crippen molar-refractivity contribution in [1.29, 1.82) is 0 Å². The summed E-state index contributed by atoms with van der Waals surface area (Å²) >= 11 is 0. The standard InChI is InChI=1S/C25H27N3O3/c1-30-21-11-12-22(24(15-21)31-2)23-9-6-14-28(23)25(29)13-10-20-16-26-27(18-20)17-19-7-4-3-5-8-19/h3-5,7-8,10-13,15-16,18,23H,6,9,14,17H2,1-2H3/b13-10+. The Morgan fingerprint density at radius 1 is 1.16 bits per heavy atom. The Hall–Kier alpha value is -3.54. The lowest BCUT2D eigenvalue weighted by Gasteiger charge is -2.25. The third-order valence-corrected chi connectivity index (χ3v) is 5.59. The van der Waals surface area contributed by atoms with Crippen LogP contribution in [0.3, 0.4) is 0 Å². The van der Waals surface area contributed by atoms with Crippen LogP contribution in [-0.2, 0) is 11.3 Å². The van der Waals surface area contributed by atoms with E-state index in [-0.39, 0.29) is 11.9 Å². The van der Waals surface area contributed by atoms with E-state index in [1.165, 1.54) is 5.56 Å². The fourth-order valence-corrected chi connectivity index (χ4v) is 4.03. The Balaban J connectivity index is 1.45. The molecule has 1 amide bonds. The Morgan fingerprint density at radius 3 is 2.77 bits per heavy atom. The third-order valence-electron chi connectivity index (χ3n) is 5.59. The van der Waals surface area contributed by atoms with Gasteiger partial charge in [0, 0.05) is 36.0 Å². The van der Waals surface area contributed by atoms with Crippen LogP contribution >= 0.6 is 0 Å². The summed E-state index contributed by atoms with van der Waals surface area (Å²) in [6.45, 7) is 1.43. The molecule has 1 atom stereocenters. The number of nitrogens with zero attached hydrogens (tertiary/aromatic N) is 3. The highest BCUT2D eigenvalue weighted by atomic mass is 16.5. The quantitative estimate of drug-likeness (QED) is 0.537. The summed E-state index contributed by atoms with van der Waals surface area (Å²) in [4.78, 5) is 14.9. The molecule has 0 bridgehead atoms. The van der Waals surface area contributed by atoms with Gasteiger partial charge in [0.05, 0.1) is 33.0 Å². The topological polar surface area (TPSA) is 56.6 Å². The molecule has 1 unspecified atom stereocenters. The van der Waals surface area contributed by atoms with E-state index in [9.17, 15) is 4.79 Å². The summed E-state index contributed by atoms with van der Waals surface area (Å²) in [7, 11) is 3.28. The number of aromatic nitrogens is 2. The second-order valence-corrected chi connectivity index (χ2v) is 7.59. The highest BCUT2D eigenvalue weighted by Gasteiger charge is 2.31. The number of rotatable bonds is 7. The number of methoxy groups -OCH3 is 2. The van der Waals surface area contributed by atoms with E-state index in [0.717, 1.165) is 42.0 Å². The second-order valence-electron chi connectivity index (χ2n) is 7.59. The van der Waals surface area contributed by atoms with Crippen molar-refractivity contribution in [3.05, 3.63) is 83.7 Å². The van der Waals surface area contributed by atoms with Crippen molar-refractivity contribution >= 4 is 12.0 Å². The number of carbonyl (C=O) groups is 1. The number of carbonyl (C=O) groups excluding carboxylic acids is 1. The van der Waals surface area contributed by atoms with Crippen molar-refractivity contribution in [2.75, 3.05) is 20.8 Å². The minimum Gasteiger partial charge on any atom is -0.497 e. The van der Waals surface area contributed by atoms with Crippen LogP contribution in [-0.4, -0.2) is 41.4 Å². The van der Waals surface area contributed by atoms with Gasteiger partial charge in [0.2, 0.25) is 5.91 Å². The van der Waals surface area contributed by atoms with Crippen LogP contribution < -0.4 is 9.47 Å². The van der Waals surface area contributed by atoms with Crippen LogP contribution in [0.5, 0.6) is 11.5 Å². The van der Waals surface area contributed by atoms with Crippen molar-refractivity contribution in [1.82, 2.24) is 14.7 Å². The molecule has 2 heterocycles. The molecule has 31 heavy (non-hydrogen) atoms. The Bertz CT molecular complexity index is 1060. The molecule has 1 saturated heterocycles. The van der Waals surface area contributed by atoms with Gasteiger partial charge in [-0.1, -0.05) is 30.3 Å². The van der Waals surface area contributed by atoms with Gasteiger partial charge in [0.15, 0.2) is 0 Å². The number of hydrogen-bond acceptors (Lipinski definition) is 4. The molecule has 1 aromatic heterocycles. The molecule has 1 aliphatic rings. The first kappa shape index (κ1) is 20.7. The smallest absolute Gasteiger partial charge is 0.247 e. The molecule has 2 aromatic carbocycles. The van der Waals surface area contributed by atoms with Crippen molar-refractivity contribution < 1.29 is 14.3 Å². The van der Waals surface area contributed by atoms with Gasteiger partial charge in [0.1, 0.15) is 11.5 Å². The average Bonchev–Trinajstić information content (AvgIpc) is 3.47. The number of benzene rings is 2. The van der Waals surface area contributed by atoms with Gasteiger partial charge in [-0.3, -0.25) is 9.48 Å². The van der Waals surface area contributed by atoms with E-state index in [1.807, 2.05) is 58.3 Å². The molecular weight excluding hydrogens is 390 g/mol. The zero-order chi connectivity index (χ0) is 21.6. The van der Waals surface area contributed by atoms with Crippen LogP contribution in [0, 0.1) is 0 Å². The van der Waals surface area contributed by atoms with Gasteiger partial charge >= 0.3 is 0 Å². The molecule has 0 saturated carbocycles. The van der Waals surface area contributed by atoms with Gasteiger partial charge in [0.25, 0.3) is 0 Å². The molecule has 0 aliphatic carbocycles. The largest absolute Gasteiger partial charge is 0.497 e. The van der Waals surface area contributed by atoms with Crippen molar-refractivity contribution in [3.63, 3.8) is 0 Å². The second kappa shape index (κ2) is 9.51. The molecule has 3 aromatic rings. The molecule has 0 spiro atoms. The van der Waals surface area contributed by atoms with Crippen LogP contribution in [0.4, 0.5) is 0 Å². The fraction of sp³-hybridized carbons (Fsp3) is 0.280. The van der Waals surface area contributed by atoms with E-state index in [2.05, 4.69) is 17.2 Å². The van der Waals surface area contributed by atoms with Crippen molar-refractivity contribution in [2.24, 2.45) is 0 Å². The molecule has 1 aliphatic heterocycles. The molecule has 0 N–H and O–H groups in total. The zero-order valence-corrected chi connectivity index (χ0v) is 17.9. The summed E-state index contributed by atoms with van der Waals surface area (Å²) < 4.78 is 12.7. The molecule has 6 nitrogen and oxygen atoms in total. The lowest BCUT2D eigenvalue weighted by atomic mass is 10.0. The van der Waals surface area contributed by atoms with E-state index < -0.39 is 0 Å². The van der Waals surface area contributed by atoms with E-state index in [1.54, 1.807) is 26.5 Å². The average molecular weight is 418 g/mol. The van der Waals surface area contributed by atoms with E-state index in [0.29, 0.717) is 6.54 Å². The first-order chi connectivity index (χ1) is 15.2. The predicted octanol–water partition coefficient (Wildman–Crippen LogP) is 4.33. The molecular formula is C25H27N3O3. The third kappa shape index (κ3) is 4.79. The summed E-state index contributed by atoms with van der Waals surface area (Å²) in [5, 5.41) is 4.40. The minimum atomic E-state index is -0.00354. The number of amides is 1. The van der Waals surface area contributed by atoms with Gasteiger partial charge in [-0.25, -0.2) is 0 Å². The monoisotopic (exact) mass is 417 g/mol. The number of hydrogen-bond donors (Lipinski definition) is 0. The normalized spacial score (nSPS) is 16.1. The lowest BCUT2D eigenvalue weighted by Crippen LogP contribution is -2.29. The van der Waals surface area contributed by atoms with Gasteiger partial charge < -0.3 is 14.4 Å². The highest BCUT2D eigenvalue weighted by molar-refractivity contribution is 5.92. The molecule has 4 rings (SSSR count). The highest BCUT2D eigenvalue weighted by Crippen LogP contribution is 2.38. The first-order valence-electron chi connectivity index (χ1n) is 10.4. The van der Waals surface area contributed by atoms with Crippen LogP contribution in [0.1, 0.15) is 35.6 Å². The van der Waals surface area contributed by atoms with Gasteiger partial charge in [-0.05, 0) is 36.6 Å². The summed E-state index contributed by atoms with van der Waals surface area (Å²) in [6.07, 6.45) is 9.08. The van der Waals surface area contributed by atoms with Crippen LogP contribution in [0.25, 0.3) is 6.08 Å². The summed E-state index contributed by atoms with van der Waals surface area (Å²) in [5.74, 6) is 1.48. The fourth-order valence-electron chi connectivity index (χ4n) is 4.03. The first-order valence-corrected chi connectivity index (χ1v) is 10.4. The molecule has 1 fully saturated rings. The zero-order valence-electron chi connectivity index (χ0n) is 17.9. The van der Waals surface area contributed by atoms with E-state index >= 15 is 0 Å². The van der Waals surface area contributed by atoms with Crippen LogP contribution in [0.2, 0.25) is 0 Å². The Morgan fingerprint density at radius 2 is 2.00 bits per heavy atom. The molecule has 0 radical (unpaired) electrons. The summed E-state index contributed by atoms with van der Waals surface area (Å²) in [5.41, 5.74) is 3.10. The van der Waals surface area contributed by atoms with Crippen LogP contribution in [0.15, 0.2) is 67.0 Å². The maximum Gasteiger partial charge on any atom is 0.247 e. The number of likely N-dealkylation sites (tertiary alicyclic amines) is 1. The van der Waals surface area contributed by atoms with Crippen molar-refractivity contribution in [3.8, 4) is 11.5 Å². The van der Waals surface area contributed by atoms with Gasteiger partial charge in [-0.2, -0.15) is 5.10 Å². The maximum atomic E-state index is 13.0. The van der Waals surface area contributed by atoms with Gasteiger partial charge in [-0.15, -0.1) is 0 Å². The molecule has 160 valence electrons. The molecule has 6 heteroatoms.